The van der Waals surface area contributed by atoms with Gasteiger partial charge in [0.1, 0.15) is 0 Å². The first-order valence-electron chi connectivity index (χ1n) is 6.60. The number of anilines is 1. The van der Waals surface area contributed by atoms with Crippen molar-refractivity contribution >= 4 is 27.0 Å². The molecule has 0 bridgehead atoms. The number of nitrogens with one attached hydrogen (secondary N) is 1. The normalized spacial score (nSPS) is 12.5. The molecule has 126 valence electrons. The molecule has 2 aromatic rings. The molecule has 0 aliphatic rings. The molecule has 0 saturated carbocycles. The van der Waals surface area contributed by atoms with Gasteiger partial charge in [-0.15, -0.1) is 11.3 Å². The van der Waals surface area contributed by atoms with E-state index in [-0.39, 0.29) is 17.8 Å². The average molecular weight is 364 g/mol. The van der Waals surface area contributed by atoms with Crippen molar-refractivity contribution in [2.24, 2.45) is 0 Å². The molecule has 0 spiro atoms. The molecule has 0 radical (unpaired) electrons. The summed E-state index contributed by atoms with van der Waals surface area (Å²) in [6.07, 6.45) is -4.20. The van der Waals surface area contributed by atoms with Crippen LogP contribution in [0.15, 0.2) is 34.5 Å². The Morgan fingerprint density at radius 2 is 2.00 bits per heavy atom. The summed E-state index contributed by atoms with van der Waals surface area (Å²) in [6.45, 7) is 1.47. The standard InChI is InChI=1S/C14H15F3N2O2S2/c1-9-12(18)7-10(14(15,16)17)8-13(9)23(20,21)19-5-4-11-3-2-6-22-11/h2-3,6-8,19H,4-5,18H2,1H3. The summed E-state index contributed by atoms with van der Waals surface area (Å²) in [5, 5.41) is 1.86. The topological polar surface area (TPSA) is 72.2 Å². The Morgan fingerprint density at radius 3 is 2.57 bits per heavy atom. The van der Waals surface area contributed by atoms with Gasteiger partial charge in [0.05, 0.1) is 10.5 Å². The molecule has 0 amide bonds. The molecule has 4 nitrogen and oxygen atoms in total. The first-order valence-corrected chi connectivity index (χ1v) is 8.97. The second-order valence-corrected chi connectivity index (χ2v) is 7.68. The minimum Gasteiger partial charge on any atom is -0.398 e. The van der Waals surface area contributed by atoms with Crippen molar-refractivity contribution in [1.29, 1.82) is 0 Å². The van der Waals surface area contributed by atoms with E-state index >= 15 is 0 Å². The van der Waals surface area contributed by atoms with Gasteiger partial charge in [-0.1, -0.05) is 6.07 Å². The number of halogens is 3. The third-order valence-corrected chi connectivity index (χ3v) is 5.78. The predicted octanol–water partition coefficient (Wildman–Crippen LogP) is 3.18. The summed E-state index contributed by atoms with van der Waals surface area (Å²) in [5.41, 5.74) is 4.34. The molecular formula is C14H15F3N2O2S2. The van der Waals surface area contributed by atoms with Gasteiger partial charge in [-0.3, -0.25) is 0 Å². The number of hydrogen-bond acceptors (Lipinski definition) is 4. The second-order valence-electron chi connectivity index (χ2n) is 4.91. The van der Waals surface area contributed by atoms with Crippen molar-refractivity contribution in [3.8, 4) is 0 Å². The smallest absolute Gasteiger partial charge is 0.398 e. The van der Waals surface area contributed by atoms with Crippen LogP contribution in [0.25, 0.3) is 0 Å². The highest BCUT2D eigenvalue weighted by molar-refractivity contribution is 7.89. The number of alkyl halides is 3. The highest BCUT2D eigenvalue weighted by atomic mass is 32.2. The van der Waals surface area contributed by atoms with Crippen LogP contribution in [0, 0.1) is 6.92 Å². The van der Waals surface area contributed by atoms with Crippen LogP contribution in [0.5, 0.6) is 0 Å². The molecule has 1 aromatic carbocycles. The van der Waals surface area contributed by atoms with Gasteiger partial charge in [-0.2, -0.15) is 13.2 Å². The summed E-state index contributed by atoms with van der Waals surface area (Å²) < 4.78 is 65.4. The fraction of sp³-hybridized carbons (Fsp3) is 0.286. The molecule has 23 heavy (non-hydrogen) atoms. The van der Waals surface area contributed by atoms with E-state index in [0.29, 0.717) is 12.5 Å². The fourth-order valence-corrected chi connectivity index (χ4v) is 4.03. The Balaban J connectivity index is 2.26. The lowest BCUT2D eigenvalue weighted by molar-refractivity contribution is -0.137. The molecule has 0 saturated heterocycles. The van der Waals surface area contributed by atoms with Crippen molar-refractivity contribution in [2.75, 3.05) is 12.3 Å². The van der Waals surface area contributed by atoms with Gasteiger partial charge in [0.25, 0.3) is 0 Å². The zero-order valence-corrected chi connectivity index (χ0v) is 13.8. The number of thiophene rings is 1. The van der Waals surface area contributed by atoms with Crippen LogP contribution in [-0.2, 0) is 22.6 Å². The third kappa shape index (κ3) is 4.24. The van der Waals surface area contributed by atoms with Crippen molar-refractivity contribution in [2.45, 2.75) is 24.4 Å². The van der Waals surface area contributed by atoms with E-state index in [1.54, 1.807) is 0 Å². The molecule has 1 aromatic heterocycles. The number of nitrogen functional groups attached to an aromatic ring is 1. The molecule has 0 unspecified atom stereocenters. The second kappa shape index (κ2) is 6.50. The van der Waals surface area contributed by atoms with E-state index in [1.807, 2.05) is 17.5 Å². The summed E-state index contributed by atoms with van der Waals surface area (Å²) in [4.78, 5) is 0.531. The SMILES string of the molecule is Cc1c(N)cc(C(F)(F)F)cc1S(=O)(=O)NCCc1cccs1. The Morgan fingerprint density at radius 1 is 1.30 bits per heavy atom. The van der Waals surface area contributed by atoms with Crippen molar-refractivity contribution in [3.63, 3.8) is 0 Å². The summed E-state index contributed by atoms with van der Waals surface area (Å²) in [7, 11) is -4.07. The molecule has 0 aliphatic heterocycles. The highest BCUT2D eigenvalue weighted by Gasteiger charge is 2.33. The number of hydrogen-bond donors (Lipinski definition) is 2. The Hall–Kier alpha value is -1.58. The maximum atomic E-state index is 12.8. The van der Waals surface area contributed by atoms with Crippen LogP contribution < -0.4 is 10.5 Å². The van der Waals surface area contributed by atoms with Crippen LogP contribution in [0.1, 0.15) is 16.0 Å². The zero-order valence-electron chi connectivity index (χ0n) is 12.1. The van der Waals surface area contributed by atoms with Crippen LogP contribution in [0.3, 0.4) is 0 Å². The van der Waals surface area contributed by atoms with Gasteiger partial charge in [-0.05, 0) is 42.5 Å². The van der Waals surface area contributed by atoms with E-state index < -0.39 is 26.7 Å². The van der Waals surface area contributed by atoms with Crippen LogP contribution in [-0.4, -0.2) is 15.0 Å². The number of sulfonamides is 1. The lowest BCUT2D eigenvalue weighted by atomic mass is 10.1. The van der Waals surface area contributed by atoms with Crippen LogP contribution >= 0.6 is 11.3 Å². The molecule has 0 fully saturated rings. The predicted molar refractivity (Wildman–Crippen MR) is 83.8 cm³/mol. The molecule has 2 rings (SSSR count). The van der Waals surface area contributed by atoms with E-state index in [0.717, 1.165) is 10.9 Å². The van der Waals surface area contributed by atoms with Gasteiger partial charge in [0.2, 0.25) is 10.0 Å². The fourth-order valence-electron chi connectivity index (χ4n) is 1.99. The van der Waals surface area contributed by atoms with Gasteiger partial charge in [0.15, 0.2) is 0 Å². The van der Waals surface area contributed by atoms with Gasteiger partial charge < -0.3 is 5.73 Å². The Kier molecular flexibility index (Phi) is 5.02. The lowest BCUT2D eigenvalue weighted by Gasteiger charge is -2.14. The molecule has 1 heterocycles. The highest BCUT2D eigenvalue weighted by Crippen LogP contribution is 2.34. The number of nitrogens with two attached hydrogens (primary N) is 1. The quantitative estimate of drug-likeness (QED) is 0.801. The first-order chi connectivity index (χ1) is 10.6. The maximum Gasteiger partial charge on any atom is 0.416 e. The van der Waals surface area contributed by atoms with Gasteiger partial charge >= 0.3 is 6.18 Å². The van der Waals surface area contributed by atoms with Crippen molar-refractivity contribution in [3.05, 3.63) is 45.6 Å². The van der Waals surface area contributed by atoms with E-state index in [1.165, 1.54) is 18.3 Å². The lowest BCUT2D eigenvalue weighted by Crippen LogP contribution is -2.27. The summed E-state index contributed by atoms with van der Waals surface area (Å²) in [6, 6.07) is 5.04. The van der Waals surface area contributed by atoms with E-state index in [2.05, 4.69) is 4.72 Å². The van der Waals surface area contributed by atoms with Crippen molar-refractivity contribution < 1.29 is 21.6 Å². The van der Waals surface area contributed by atoms with E-state index in [4.69, 9.17) is 5.73 Å². The zero-order chi connectivity index (χ0) is 17.3. The monoisotopic (exact) mass is 364 g/mol. The minimum absolute atomic E-state index is 0.0957. The average Bonchev–Trinajstić information content (AvgIpc) is 2.93. The summed E-state index contributed by atoms with van der Waals surface area (Å²) in [5.74, 6) is 0. The molecule has 9 heteroatoms. The van der Waals surface area contributed by atoms with Crippen molar-refractivity contribution in [1.82, 2.24) is 4.72 Å². The molecule has 0 aliphatic carbocycles. The molecular weight excluding hydrogens is 349 g/mol. The van der Waals surface area contributed by atoms with Crippen LogP contribution in [0.2, 0.25) is 0 Å². The maximum absolute atomic E-state index is 12.8. The largest absolute Gasteiger partial charge is 0.416 e. The molecule has 0 atom stereocenters. The van der Waals surface area contributed by atoms with Gasteiger partial charge in [-0.25, -0.2) is 13.1 Å². The van der Waals surface area contributed by atoms with Crippen LogP contribution in [0.4, 0.5) is 18.9 Å². The first kappa shape index (κ1) is 17.8. The third-order valence-electron chi connectivity index (χ3n) is 3.26. The number of rotatable bonds is 5. The molecule has 3 N–H and O–H groups in total. The van der Waals surface area contributed by atoms with E-state index in [9.17, 15) is 21.6 Å². The summed E-state index contributed by atoms with van der Waals surface area (Å²) >= 11 is 1.48. The Bertz CT molecular complexity index is 785. The number of benzene rings is 1. The Labute approximate surface area is 136 Å². The minimum atomic E-state index is -4.66. The van der Waals surface area contributed by atoms with Gasteiger partial charge in [0, 0.05) is 17.1 Å².